The molecular formula is C27H23ClO5S5. The molecule has 0 fully saturated rings. The molecule has 5 nitrogen and oxygen atoms in total. The lowest BCUT2D eigenvalue weighted by atomic mass is 10.2. The second kappa shape index (κ2) is 11.4. The molecule has 3 aromatic carbocycles. The van der Waals surface area contributed by atoms with Crippen molar-refractivity contribution in [1.82, 2.24) is 0 Å². The van der Waals surface area contributed by atoms with Crippen LogP contribution in [-0.4, -0.2) is 21.4 Å². The number of aryl methyl sites for hydroxylation is 3. The molecule has 3 heterocycles. The quantitative estimate of drug-likeness (QED) is 0.154. The zero-order chi connectivity index (χ0) is 27.7. The van der Waals surface area contributed by atoms with Crippen molar-refractivity contribution in [3.05, 3.63) is 94.9 Å². The summed E-state index contributed by atoms with van der Waals surface area (Å²) in [7, 11) is -2.36. The number of rotatable bonds is 2. The molecule has 0 saturated carbocycles. The Morgan fingerprint density at radius 2 is 1.05 bits per heavy atom. The van der Waals surface area contributed by atoms with Crippen LogP contribution in [0.1, 0.15) is 16.7 Å². The molecule has 0 atom stereocenters. The molecule has 6 rings (SSSR count). The van der Waals surface area contributed by atoms with Gasteiger partial charge in [0.2, 0.25) is 0 Å². The lowest BCUT2D eigenvalue weighted by Crippen LogP contribution is -1.96. The highest BCUT2D eigenvalue weighted by Gasteiger charge is 2.19. The molecule has 198 valence electrons. The second-order valence-electron chi connectivity index (χ2n) is 8.35. The summed E-state index contributed by atoms with van der Waals surface area (Å²) in [5.74, 6) is 0. The summed E-state index contributed by atoms with van der Waals surface area (Å²) in [5.41, 5.74) is 2.74. The first-order valence-electron chi connectivity index (χ1n) is 11.2. The van der Waals surface area contributed by atoms with E-state index in [0.717, 1.165) is 37.1 Å². The van der Waals surface area contributed by atoms with Gasteiger partial charge in [0, 0.05) is 24.8 Å². The molecule has 6 aromatic rings. The molecule has 0 bridgehead atoms. The van der Waals surface area contributed by atoms with E-state index in [1.807, 2.05) is 59.9 Å². The highest BCUT2D eigenvalue weighted by Crippen LogP contribution is 2.35. The van der Waals surface area contributed by atoms with E-state index in [-0.39, 0.29) is 8.42 Å². The predicted octanol–water partition coefficient (Wildman–Crippen LogP) is 8.80. The van der Waals surface area contributed by atoms with Gasteiger partial charge in [-0.15, -0.1) is 34.0 Å². The van der Waals surface area contributed by atoms with Gasteiger partial charge >= 0.3 is 10.1 Å². The van der Waals surface area contributed by atoms with Crippen LogP contribution < -0.4 is 0 Å². The van der Waals surface area contributed by atoms with Crippen molar-refractivity contribution in [2.24, 2.45) is 0 Å². The standard InChI is InChI=1S/C9H7ClO2S2.C9H8O3S2.C9H8S/c2*1-6-7-4-2-3-5-8(7)13-9(6)14(10,11)12;1-7-6-10-9-5-3-2-4-8(7)9/h2-5H,1H3;2-5H,1H3,(H,10,11,12);2-6H,1H3. The molecule has 0 saturated heterocycles. The minimum atomic E-state index is -4.08. The Kier molecular flexibility index (Phi) is 8.63. The van der Waals surface area contributed by atoms with Crippen molar-refractivity contribution in [2.75, 3.05) is 0 Å². The third-order valence-corrected chi connectivity index (χ3v) is 13.0. The Hall–Kier alpha value is -2.31. The fraction of sp³-hybridized carbons (Fsp3) is 0.111. The monoisotopic (exact) mass is 622 g/mol. The van der Waals surface area contributed by atoms with Gasteiger partial charge in [-0.1, -0.05) is 54.6 Å². The Morgan fingerprint density at radius 3 is 1.50 bits per heavy atom. The molecule has 0 aliphatic rings. The lowest BCUT2D eigenvalue weighted by molar-refractivity contribution is 0.485. The maximum atomic E-state index is 11.2. The van der Waals surface area contributed by atoms with Crippen molar-refractivity contribution in [1.29, 1.82) is 0 Å². The molecule has 0 aliphatic heterocycles. The van der Waals surface area contributed by atoms with Crippen LogP contribution in [0.3, 0.4) is 0 Å². The Balaban J connectivity index is 0.000000135. The first-order valence-corrected chi connectivity index (χ1v) is 17.5. The zero-order valence-corrected chi connectivity index (χ0v) is 25.3. The summed E-state index contributed by atoms with van der Waals surface area (Å²) in [4.78, 5) is 0. The van der Waals surface area contributed by atoms with Gasteiger partial charge in [-0.3, -0.25) is 4.55 Å². The molecule has 3 aromatic heterocycles. The van der Waals surface area contributed by atoms with Crippen molar-refractivity contribution in [2.45, 2.75) is 29.2 Å². The average molecular weight is 623 g/mol. The van der Waals surface area contributed by atoms with Crippen LogP contribution in [0.25, 0.3) is 30.3 Å². The van der Waals surface area contributed by atoms with Gasteiger partial charge in [-0.05, 0) is 77.2 Å². The van der Waals surface area contributed by atoms with E-state index in [4.69, 9.17) is 15.2 Å². The largest absolute Gasteiger partial charge is 0.304 e. The van der Waals surface area contributed by atoms with E-state index in [2.05, 4.69) is 36.6 Å². The zero-order valence-electron chi connectivity index (χ0n) is 20.5. The minimum absolute atomic E-state index is 0.0405. The van der Waals surface area contributed by atoms with Gasteiger partial charge in [-0.25, -0.2) is 8.42 Å². The topological polar surface area (TPSA) is 88.5 Å². The SMILES string of the molecule is Cc1c(S(=O)(=O)Cl)sc2ccccc12.Cc1c(S(=O)(=O)O)sc2ccccc12.Cc1csc2ccccc12. The first kappa shape index (κ1) is 28.7. The maximum Gasteiger partial charge on any atom is 0.304 e. The molecule has 11 heteroatoms. The molecule has 0 aliphatic carbocycles. The fourth-order valence-corrected chi connectivity index (χ4v) is 9.68. The van der Waals surface area contributed by atoms with Gasteiger partial charge < -0.3 is 0 Å². The summed E-state index contributed by atoms with van der Waals surface area (Å²) in [6.45, 7) is 5.62. The highest BCUT2D eigenvalue weighted by molar-refractivity contribution is 8.15. The minimum Gasteiger partial charge on any atom is -0.281 e. The van der Waals surface area contributed by atoms with Gasteiger partial charge in [0.05, 0.1) is 0 Å². The van der Waals surface area contributed by atoms with E-state index < -0.39 is 19.2 Å². The third kappa shape index (κ3) is 6.28. The molecule has 0 radical (unpaired) electrons. The summed E-state index contributed by atoms with van der Waals surface area (Å²) in [5, 5.41) is 5.43. The molecule has 0 amide bonds. The van der Waals surface area contributed by atoms with Crippen LogP contribution in [0.2, 0.25) is 0 Å². The van der Waals surface area contributed by atoms with Crippen LogP contribution in [0.15, 0.2) is 86.6 Å². The van der Waals surface area contributed by atoms with Crippen LogP contribution in [0.4, 0.5) is 0 Å². The number of benzene rings is 3. The number of halogens is 1. The van der Waals surface area contributed by atoms with Crippen LogP contribution in [0, 0.1) is 20.8 Å². The number of fused-ring (bicyclic) bond motifs is 3. The summed E-state index contributed by atoms with van der Waals surface area (Å²) >= 11 is 4.12. The Labute approximate surface area is 238 Å². The van der Waals surface area contributed by atoms with E-state index >= 15 is 0 Å². The lowest BCUT2D eigenvalue weighted by Gasteiger charge is -1.92. The fourth-order valence-electron chi connectivity index (χ4n) is 3.89. The van der Waals surface area contributed by atoms with Crippen molar-refractivity contribution in [3.63, 3.8) is 0 Å². The number of hydrogen-bond donors (Lipinski definition) is 1. The van der Waals surface area contributed by atoms with Crippen LogP contribution in [-0.2, 0) is 19.2 Å². The average Bonchev–Trinajstić information content (AvgIpc) is 3.54. The third-order valence-electron chi connectivity index (χ3n) is 5.73. The van der Waals surface area contributed by atoms with Gasteiger partial charge in [0.15, 0.2) is 4.21 Å². The van der Waals surface area contributed by atoms with Crippen LogP contribution in [0.5, 0.6) is 0 Å². The summed E-state index contributed by atoms with van der Waals surface area (Å²) in [6, 6.07) is 23.4. The van der Waals surface area contributed by atoms with Crippen molar-refractivity contribution in [3.8, 4) is 0 Å². The molecule has 38 heavy (non-hydrogen) atoms. The number of hydrogen-bond acceptors (Lipinski definition) is 7. The van der Waals surface area contributed by atoms with Crippen molar-refractivity contribution < 1.29 is 21.4 Å². The molecule has 0 unspecified atom stereocenters. The molecule has 1 N–H and O–H groups in total. The first-order chi connectivity index (χ1) is 17.9. The van der Waals surface area contributed by atoms with E-state index in [0.29, 0.717) is 5.56 Å². The summed E-state index contributed by atoms with van der Waals surface area (Å²) in [6.07, 6.45) is 0. The van der Waals surface area contributed by atoms with Gasteiger partial charge in [-0.2, -0.15) is 8.42 Å². The molecular weight excluding hydrogens is 600 g/mol. The highest BCUT2D eigenvalue weighted by atomic mass is 35.7. The van der Waals surface area contributed by atoms with Gasteiger partial charge in [0.25, 0.3) is 9.05 Å². The molecule has 0 spiro atoms. The van der Waals surface area contributed by atoms with Crippen molar-refractivity contribution >= 4 is 94.1 Å². The predicted molar refractivity (Wildman–Crippen MR) is 163 cm³/mol. The maximum absolute atomic E-state index is 11.2. The van der Waals surface area contributed by atoms with E-state index in [1.54, 1.807) is 13.8 Å². The Morgan fingerprint density at radius 1 is 0.632 bits per heavy atom. The number of thiophene rings is 3. The van der Waals surface area contributed by atoms with Crippen LogP contribution >= 0.6 is 44.7 Å². The van der Waals surface area contributed by atoms with E-state index in [9.17, 15) is 16.8 Å². The summed E-state index contributed by atoms with van der Waals surface area (Å²) < 4.78 is 56.8. The second-order valence-corrected chi connectivity index (χ2v) is 15.7. The van der Waals surface area contributed by atoms with Gasteiger partial charge in [0.1, 0.15) is 4.21 Å². The normalized spacial score (nSPS) is 11.7. The van der Waals surface area contributed by atoms with E-state index in [1.165, 1.54) is 27.0 Å². The smallest absolute Gasteiger partial charge is 0.281 e. The Bertz CT molecular complexity index is 1860.